The van der Waals surface area contributed by atoms with Crippen LogP contribution in [0.5, 0.6) is 11.5 Å². The number of hydrogen-bond donors (Lipinski definition) is 1. The Morgan fingerprint density at radius 2 is 1.92 bits per heavy atom. The summed E-state index contributed by atoms with van der Waals surface area (Å²) >= 11 is 0. The third-order valence-corrected chi connectivity index (χ3v) is 4.62. The molecular formula is C18H24N4O3. The number of carbonyl (C=O) groups is 1. The first-order valence-electron chi connectivity index (χ1n) is 8.25. The predicted octanol–water partition coefficient (Wildman–Crippen LogP) is 1.28. The highest BCUT2D eigenvalue weighted by molar-refractivity contribution is 5.83. The molecule has 7 nitrogen and oxygen atoms in total. The molecule has 2 aromatic rings. The van der Waals surface area contributed by atoms with Crippen molar-refractivity contribution in [2.24, 2.45) is 7.05 Å². The Morgan fingerprint density at radius 3 is 2.48 bits per heavy atom. The summed E-state index contributed by atoms with van der Waals surface area (Å²) in [5.41, 5.74) is 3.16. The normalized spacial score (nSPS) is 14.8. The number of likely N-dealkylation sites (N-methyl/N-ethyl adjacent to an activating group) is 1. The van der Waals surface area contributed by atoms with Crippen LogP contribution in [0.15, 0.2) is 24.5 Å². The molecule has 1 atom stereocenters. The van der Waals surface area contributed by atoms with Crippen molar-refractivity contribution in [2.45, 2.75) is 19.0 Å². The maximum atomic E-state index is 13.0. The molecule has 0 fully saturated rings. The van der Waals surface area contributed by atoms with Gasteiger partial charge in [0.15, 0.2) is 11.5 Å². The molecule has 0 saturated carbocycles. The molecule has 3 rings (SSSR count). The van der Waals surface area contributed by atoms with E-state index in [4.69, 9.17) is 9.47 Å². The standard InChI is InChI=1S/C18H24N4O3/c1-19-17(14-9-20-21(2)10-14)18(23)22-6-5-12-7-15(24-3)16(25-4)8-13(12)11-22/h7-10,17,19H,5-6,11H2,1-4H3. The van der Waals surface area contributed by atoms with Gasteiger partial charge in [0.2, 0.25) is 5.91 Å². The maximum absolute atomic E-state index is 13.0. The third-order valence-electron chi connectivity index (χ3n) is 4.62. The van der Waals surface area contributed by atoms with Crippen LogP contribution in [0, 0.1) is 0 Å². The van der Waals surface area contributed by atoms with E-state index in [1.54, 1.807) is 32.1 Å². The largest absolute Gasteiger partial charge is 0.493 e. The lowest BCUT2D eigenvalue weighted by atomic mass is 9.97. The molecule has 1 N–H and O–H groups in total. The summed E-state index contributed by atoms with van der Waals surface area (Å²) < 4.78 is 12.5. The van der Waals surface area contributed by atoms with Crippen LogP contribution in [0.2, 0.25) is 0 Å². The zero-order chi connectivity index (χ0) is 18.0. The molecule has 0 aliphatic carbocycles. The molecule has 1 aromatic heterocycles. The van der Waals surface area contributed by atoms with E-state index in [-0.39, 0.29) is 5.91 Å². The summed E-state index contributed by atoms with van der Waals surface area (Å²) in [6.07, 6.45) is 4.39. The fraction of sp³-hybridized carbons (Fsp3) is 0.444. The minimum absolute atomic E-state index is 0.0518. The zero-order valence-corrected chi connectivity index (χ0v) is 15.1. The fourth-order valence-corrected chi connectivity index (χ4v) is 3.28. The SMILES string of the molecule is CNC(C(=O)N1CCc2cc(OC)c(OC)cc2C1)c1cnn(C)c1. The van der Waals surface area contributed by atoms with Crippen LogP contribution in [0.4, 0.5) is 0 Å². The first-order valence-corrected chi connectivity index (χ1v) is 8.25. The van der Waals surface area contributed by atoms with Crippen LogP contribution in [0.25, 0.3) is 0 Å². The molecule has 1 aromatic carbocycles. The number of carbonyl (C=O) groups excluding carboxylic acids is 1. The molecule has 1 aliphatic rings. The number of amides is 1. The van der Waals surface area contributed by atoms with Crippen LogP contribution in [-0.4, -0.2) is 48.4 Å². The highest BCUT2D eigenvalue weighted by Gasteiger charge is 2.29. The minimum atomic E-state index is -0.393. The average Bonchev–Trinajstić information content (AvgIpc) is 3.06. The van der Waals surface area contributed by atoms with E-state index < -0.39 is 6.04 Å². The second-order valence-corrected chi connectivity index (χ2v) is 6.15. The van der Waals surface area contributed by atoms with Gasteiger partial charge in [-0.15, -0.1) is 0 Å². The lowest BCUT2D eigenvalue weighted by molar-refractivity contribution is -0.134. The molecule has 0 saturated heterocycles. The molecule has 2 heterocycles. The Balaban J connectivity index is 1.82. The molecule has 1 amide bonds. The summed E-state index contributed by atoms with van der Waals surface area (Å²) in [7, 11) is 6.89. The summed E-state index contributed by atoms with van der Waals surface area (Å²) in [5, 5.41) is 7.27. The Hall–Kier alpha value is -2.54. The third kappa shape index (κ3) is 3.32. The van der Waals surface area contributed by atoms with E-state index in [1.807, 2.05) is 30.3 Å². The van der Waals surface area contributed by atoms with Gasteiger partial charge in [0, 0.05) is 31.9 Å². The minimum Gasteiger partial charge on any atom is -0.493 e. The number of hydrogen-bond acceptors (Lipinski definition) is 5. The number of nitrogens with zero attached hydrogens (tertiary/aromatic N) is 3. The second kappa shape index (κ2) is 7.14. The molecule has 25 heavy (non-hydrogen) atoms. The number of fused-ring (bicyclic) bond motifs is 1. The van der Waals surface area contributed by atoms with Gasteiger partial charge in [-0.1, -0.05) is 0 Å². The Morgan fingerprint density at radius 1 is 1.24 bits per heavy atom. The summed E-state index contributed by atoms with van der Waals surface area (Å²) in [4.78, 5) is 14.9. The molecule has 0 spiro atoms. The average molecular weight is 344 g/mol. The topological polar surface area (TPSA) is 68.6 Å². The van der Waals surface area contributed by atoms with Crippen molar-refractivity contribution in [3.8, 4) is 11.5 Å². The summed E-state index contributed by atoms with van der Waals surface area (Å²) in [6, 6.07) is 3.58. The van der Waals surface area contributed by atoms with Gasteiger partial charge in [0.25, 0.3) is 0 Å². The number of aryl methyl sites for hydroxylation is 1. The van der Waals surface area contributed by atoms with Crippen molar-refractivity contribution in [1.82, 2.24) is 20.0 Å². The van der Waals surface area contributed by atoms with Crippen molar-refractivity contribution < 1.29 is 14.3 Å². The lowest BCUT2D eigenvalue weighted by Crippen LogP contribution is -2.42. The van der Waals surface area contributed by atoms with Gasteiger partial charge in [-0.05, 0) is 36.7 Å². The van der Waals surface area contributed by atoms with Gasteiger partial charge < -0.3 is 19.7 Å². The zero-order valence-electron chi connectivity index (χ0n) is 15.1. The van der Waals surface area contributed by atoms with Gasteiger partial charge in [0.05, 0.1) is 20.4 Å². The number of aromatic nitrogens is 2. The van der Waals surface area contributed by atoms with E-state index in [9.17, 15) is 4.79 Å². The van der Waals surface area contributed by atoms with Gasteiger partial charge in [-0.2, -0.15) is 5.10 Å². The Labute approximate surface area is 147 Å². The van der Waals surface area contributed by atoms with Gasteiger partial charge in [0.1, 0.15) is 6.04 Å². The quantitative estimate of drug-likeness (QED) is 0.885. The van der Waals surface area contributed by atoms with Crippen molar-refractivity contribution >= 4 is 5.91 Å². The predicted molar refractivity (Wildman–Crippen MR) is 93.7 cm³/mol. The molecule has 1 unspecified atom stereocenters. The van der Waals surface area contributed by atoms with E-state index in [0.29, 0.717) is 18.8 Å². The molecule has 0 bridgehead atoms. The lowest BCUT2D eigenvalue weighted by Gasteiger charge is -2.32. The van der Waals surface area contributed by atoms with E-state index >= 15 is 0 Å². The first-order chi connectivity index (χ1) is 12.1. The Kier molecular flexibility index (Phi) is 4.94. The van der Waals surface area contributed by atoms with Crippen molar-refractivity contribution in [2.75, 3.05) is 27.8 Å². The van der Waals surface area contributed by atoms with Crippen LogP contribution in [-0.2, 0) is 24.8 Å². The monoisotopic (exact) mass is 344 g/mol. The fourth-order valence-electron chi connectivity index (χ4n) is 3.28. The molecular weight excluding hydrogens is 320 g/mol. The van der Waals surface area contributed by atoms with E-state index in [1.165, 1.54) is 5.56 Å². The highest BCUT2D eigenvalue weighted by Crippen LogP contribution is 2.33. The van der Waals surface area contributed by atoms with Crippen LogP contribution < -0.4 is 14.8 Å². The van der Waals surface area contributed by atoms with Crippen molar-refractivity contribution in [3.05, 3.63) is 41.2 Å². The summed E-state index contributed by atoms with van der Waals surface area (Å²) in [6.45, 7) is 1.24. The Bertz CT molecular complexity index is 772. The van der Waals surface area contributed by atoms with E-state index in [0.717, 1.165) is 23.3 Å². The molecule has 134 valence electrons. The smallest absolute Gasteiger partial charge is 0.244 e. The molecule has 1 aliphatic heterocycles. The number of benzene rings is 1. The van der Waals surface area contributed by atoms with Crippen LogP contribution in [0.3, 0.4) is 0 Å². The summed E-state index contributed by atoms with van der Waals surface area (Å²) in [5.74, 6) is 1.47. The number of rotatable bonds is 5. The second-order valence-electron chi connectivity index (χ2n) is 6.15. The number of methoxy groups -OCH3 is 2. The number of nitrogens with one attached hydrogen (secondary N) is 1. The van der Waals surface area contributed by atoms with E-state index in [2.05, 4.69) is 10.4 Å². The van der Waals surface area contributed by atoms with Gasteiger partial charge in [-0.25, -0.2) is 0 Å². The number of ether oxygens (including phenoxy) is 2. The highest BCUT2D eigenvalue weighted by atomic mass is 16.5. The molecule has 7 heteroatoms. The first kappa shape index (κ1) is 17.3. The molecule has 0 radical (unpaired) electrons. The van der Waals surface area contributed by atoms with Crippen molar-refractivity contribution in [1.29, 1.82) is 0 Å². The van der Waals surface area contributed by atoms with Gasteiger partial charge in [-0.3, -0.25) is 9.48 Å². The van der Waals surface area contributed by atoms with Crippen LogP contribution in [0.1, 0.15) is 22.7 Å². The van der Waals surface area contributed by atoms with Gasteiger partial charge >= 0.3 is 0 Å². The maximum Gasteiger partial charge on any atom is 0.244 e. The van der Waals surface area contributed by atoms with Crippen molar-refractivity contribution in [3.63, 3.8) is 0 Å². The van der Waals surface area contributed by atoms with Crippen LogP contribution >= 0.6 is 0 Å².